The molecule has 0 spiro atoms. The van der Waals surface area contributed by atoms with Gasteiger partial charge in [0.1, 0.15) is 5.75 Å². The molecule has 0 bridgehead atoms. The van der Waals surface area contributed by atoms with Crippen LogP contribution in [0.2, 0.25) is 0 Å². The number of ether oxygens (including phenoxy) is 1. The Bertz CT molecular complexity index is 892. The monoisotopic (exact) mass is 386 g/mol. The van der Waals surface area contributed by atoms with Crippen LogP contribution in [-0.4, -0.2) is 33.0 Å². The molecule has 3 aromatic rings. The number of carbonyl (C=O) groups excluding carboxylic acids is 1. The van der Waals surface area contributed by atoms with E-state index >= 15 is 0 Å². The summed E-state index contributed by atoms with van der Waals surface area (Å²) in [6.45, 7) is 4.99. The number of rotatable bonds is 8. The molecule has 0 aliphatic heterocycles. The Balaban J connectivity index is 1.63. The summed E-state index contributed by atoms with van der Waals surface area (Å²) >= 11 is 1.37. The number of hydrogen-bond donors (Lipinski definition) is 1. The number of amides is 1. The maximum absolute atomic E-state index is 12.5. The van der Waals surface area contributed by atoms with E-state index in [0.29, 0.717) is 29.8 Å². The van der Waals surface area contributed by atoms with Crippen molar-refractivity contribution in [1.82, 2.24) is 20.1 Å². The van der Waals surface area contributed by atoms with Crippen molar-refractivity contribution < 1.29 is 13.9 Å². The molecule has 1 N–H and O–H groups in total. The van der Waals surface area contributed by atoms with E-state index in [1.165, 1.54) is 11.8 Å². The van der Waals surface area contributed by atoms with Gasteiger partial charge in [0, 0.05) is 13.1 Å². The highest BCUT2D eigenvalue weighted by Crippen LogP contribution is 2.27. The quantitative estimate of drug-likeness (QED) is 0.598. The second-order valence-corrected chi connectivity index (χ2v) is 7.17. The van der Waals surface area contributed by atoms with Crippen molar-refractivity contribution >= 4 is 17.7 Å². The first-order chi connectivity index (χ1) is 13.1. The molecule has 0 fully saturated rings. The molecule has 8 heteroatoms. The van der Waals surface area contributed by atoms with E-state index in [1.54, 1.807) is 13.4 Å². The van der Waals surface area contributed by atoms with Gasteiger partial charge in [-0.15, -0.1) is 10.2 Å². The van der Waals surface area contributed by atoms with E-state index < -0.39 is 0 Å². The number of furan rings is 1. The summed E-state index contributed by atoms with van der Waals surface area (Å²) in [5.41, 5.74) is 0.983. The van der Waals surface area contributed by atoms with Gasteiger partial charge in [0.15, 0.2) is 16.7 Å². The largest absolute Gasteiger partial charge is 0.497 e. The van der Waals surface area contributed by atoms with E-state index in [0.717, 1.165) is 11.3 Å². The third-order valence-corrected chi connectivity index (χ3v) is 5.11. The number of methoxy groups -OCH3 is 1. The maximum Gasteiger partial charge on any atom is 0.233 e. The minimum Gasteiger partial charge on any atom is -0.497 e. The van der Waals surface area contributed by atoms with E-state index in [4.69, 9.17) is 9.15 Å². The number of nitrogens with zero attached hydrogens (tertiary/aromatic N) is 3. The van der Waals surface area contributed by atoms with Crippen LogP contribution in [-0.2, 0) is 17.9 Å². The number of thioether (sulfide) groups is 1. The zero-order valence-corrected chi connectivity index (χ0v) is 16.3. The first-order valence-electron chi connectivity index (χ1n) is 8.66. The van der Waals surface area contributed by atoms with Crippen LogP contribution in [0, 0.1) is 0 Å². The molecule has 0 aliphatic carbocycles. The zero-order valence-electron chi connectivity index (χ0n) is 15.5. The molecule has 3 rings (SSSR count). The lowest BCUT2D eigenvalue weighted by atomic mass is 10.2. The number of carbonyl (C=O) groups is 1. The normalized spacial score (nSPS) is 12.0. The van der Waals surface area contributed by atoms with E-state index in [9.17, 15) is 4.79 Å². The molecule has 1 atom stereocenters. The molecule has 0 saturated carbocycles. The second-order valence-electron chi connectivity index (χ2n) is 5.86. The fourth-order valence-corrected chi connectivity index (χ4v) is 3.51. The van der Waals surface area contributed by atoms with Crippen molar-refractivity contribution in [1.29, 1.82) is 0 Å². The second kappa shape index (κ2) is 8.77. The van der Waals surface area contributed by atoms with Gasteiger partial charge in [-0.05, 0) is 43.7 Å². The van der Waals surface area contributed by atoms with Crippen molar-refractivity contribution in [2.24, 2.45) is 0 Å². The van der Waals surface area contributed by atoms with Gasteiger partial charge in [0.2, 0.25) is 5.91 Å². The predicted molar refractivity (Wildman–Crippen MR) is 104 cm³/mol. The molecule has 1 unspecified atom stereocenters. The van der Waals surface area contributed by atoms with E-state index in [1.807, 2.05) is 54.8 Å². The van der Waals surface area contributed by atoms with Gasteiger partial charge in [-0.3, -0.25) is 9.36 Å². The summed E-state index contributed by atoms with van der Waals surface area (Å²) in [5.74, 6) is 2.03. The van der Waals surface area contributed by atoms with Crippen LogP contribution in [0.15, 0.2) is 52.2 Å². The average Bonchev–Trinajstić information content (AvgIpc) is 3.35. The van der Waals surface area contributed by atoms with E-state index in [-0.39, 0.29) is 11.2 Å². The van der Waals surface area contributed by atoms with Crippen LogP contribution < -0.4 is 10.1 Å². The van der Waals surface area contributed by atoms with Crippen LogP contribution in [0.1, 0.15) is 19.4 Å². The summed E-state index contributed by atoms with van der Waals surface area (Å²) in [7, 11) is 1.62. The van der Waals surface area contributed by atoms with Crippen LogP contribution in [0.5, 0.6) is 5.75 Å². The van der Waals surface area contributed by atoms with Gasteiger partial charge in [-0.2, -0.15) is 0 Å². The summed E-state index contributed by atoms with van der Waals surface area (Å²) < 4.78 is 12.6. The maximum atomic E-state index is 12.5. The van der Waals surface area contributed by atoms with Gasteiger partial charge in [0.25, 0.3) is 0 Å². The minimum absolute atomic E-state index is 0.0620. The van der Waals surface area contributed by atoms with Crippen LogP contribution in [0.25, 0.3) is 11.6 Å². The molecular formula is C19H22N4O3S. The number of hydrogen-bond acceptors (Lipinski definition) is 6. The van der Waals surface area contributed by atoms with Crippen LogP contribution >= 0.6 is 11.8 Å². The van der Waals surface area contributed by atoms with Crippen molar-refractivity contribution in [3.05, 3.63) is 48.2 Å². The molecular weight excluding hydrogens is 364 g/mol. The van der Waals surface area contributed by atoms with Gasteiger partial charge in [-0.1, -0.05) is 23.9 Å². The van der Waals surface area contributed by atoms with Crippen LogP contribution in [0.4, 0.5) is 0 Å². The summed E-state index contributed by atoms with van der Waals surface area (Å²) in [6, 6.07) is 11.3. The fourth-order valence-electron chi connectivity index (χ4n) is 2.58. The lowest BCUT2D eigenvalue weighted by Crippen LogP contribution is -2.30. The molecule has 7 nitrogen and oxygen atoms in total. The molecule has 0 radical (unpaired) electrons. The Morgan fingerprint density at radius 1 is 1.33 bits per heavy atom. The minimum atomic E-state index is -0.311. The molecule has 142 valence electrons. The van der Waals surface area contributed by atoms with Crippen molar-refractivity contribution in [2.45, 2.75) is 37.3 Å². The Kier molecular flexibility index (Phi) is 6.18. The van der Waals surface area contributed by atoms with Gasteiger partial charge < -0.3 is 14.5 Å². The van der Waals surface area contributed by atoms with E-state index in [2.05, 4.69) is 15.5 Å². The lowest BCUT2D eigenvalue weighted by molar-refractivity contribution is -0.120. The average molecular weight is 386 g/mol. The Hall–Kier alpha value is -2.74. The Labute approximate surface area is 162 Å². The molecule has 1 amide bonds. The molecule has 2 aromatic heterocycles. The zero-order chi connectivity index (χ0) is 19.2. The van der Waals surface area contributed by atoms with Gasteiger partial charge in [-0.25, -0.2) is 0 Å². The predicted octanol–water partition coefficient (Wildman–Crippen LogP) is 3.36. The van der Waals surface area contributed by atoms with Crippen molar-refractivity contribution in [2.75, 3.05) is 7.11 Å². The summed E-state index contributed by atoms with van der Waals surface area (Å²) in [5, 5.41) is 11.8. The number of aromatic nitrogens is 3. The van der Waals surface area contributed by atoms with Gasteiger partial charge >= 0.3 is 0 Å². The highest BCUT2D eigenvalue weighted by atomic mass is 32.2. The molecule has 27 heavy (non-hydrogen) atoms. The summed E-state index contributed by atoms with van der Waals surface area (Å²) in [6.07, 6.45) is 1.60. The third-order valence-electron chi connectivity index (χ3n) is 4.03. The number of benzene rings is 1. The smallest absolute Gasteiger partial charge is 0.233 e. The molecule has 1 aromatic carbocycles. The molecule has 0 saturated heterocycles. The van der Waals surface area contributed by atoms with Crippen LogP contribution in [0.3, 0.4) is 0 Å². The Morgan fingerprint density at radius 2 is 2.19 bits per heavy atom. The first kappa shape index (κ1) is 19.0. The van der Waals surface area contributed by atoms with Gasteiger partial charge in [0.05, 0.1) is 18.6 Å². The topological polar surface area (TPSA) is 82.2 Å². The fraction of sp³-hybridized carbons (Fsp3) is 0.316. The van der Waals surface area contributed by atoms with Crippen molar-refractivity contribution in [3.8, 4) is 17.3 Å². The standard InChI is InChI=1S/C19H22N4O3S/c1-4-23-17(16-9-6-10-26-16)21-22-19(23)27-13(2)18(24)20-12-14-7-5-8-15(11-14)25-3/h5-11,13H,4,12H2,1-3H3,(H,20,24). The first-order valence-corrected chi connectivity index (χ1v) is 9.54. The number of nitrogens with one attached hydrogen (secondary N) is 1. The lowest BCUT2D eigenvalue weighted by Gasteiger charge is -2.13. The van der Waals surface area contributed by atoms with Crippen molar-refractivity contribution in [3.63, 3.8) is 0 Å². The Morgan fingerprint density at radius 3 is 2.89 bits per heavy atom. The highest BCUT2D eigenvalue weighted by molar-refractivity contribution is 8.00. The SMILES string of the molecule is CCn1c(SC(C)C(=O)NCc2cccc(OC)c2)nnc1-c1ccco1. The third kappa shape index (κ3) is 4.51. The molecule has 2 heterocycles. The molecule has 0 aliphatic rings. The highest BCUT2D eigenvalue weighted by Gasteiger charge is 2.21. The summed E-state index contributed by atoms with van der Waals surface area (Å²) in [4.78, 5) is 12.5.